The molecule has 0 radical (unpaired) electrons. The van der Waals surface area contributed by atoms with Crippen LogP contribution in [-0.4, -0.2) is 40.3 Å². The summed E-state index contributed by atoms with van der Waals surface area (Å²) in [6.45, 7) is 0.926. The predicted molar refractivity (Wildman–Crippen MR) is 71.5 cm³/mol. The SMILES string of the molecule is CC(=O)N(C)c1ccc(N)cc1CN(C(=O)O)C(=O)O. The first-order chi connectivity index (χ1) is 9.23. The van der Waals surface area contributed by atoms with Crippen molar-refractivity contribution in [3.05, 3.63) is 23.8 Å². The fourth-order valence-corrected chi connectivity index (χ4v) is 1.62. The van der Waals surface area contributed by atoms with Crippen LogP contribution in [0.2, 0.25) is 0 Å². The lowest BCUT2D eigenvalue weighted by Crippen LogP contribution is -2.35. The van der Waals surface area contributed by atoms with Crippen LogP contribution in [0.3, 0.4) is 0 Å². The molecule has 108 valence electrons. The molecule has 1 rings (SSSR count). The molecule has 0 aliphatic heterocycles. The van der Waals surface area contributed by atoms with E-state index in [9.17, 15) is 14.4 Å². The standard InChI is InChI=1S/C12H15N3O5/c1-7(16)14(2)10-4-3-9(13)5-8(10)6-15(11(17)18)12(19)20/h3-5H,6,13H2,1-2H3,(H,17,18)(H,19,20). The Balaban J connectivity index is 3.21. The van der Waals surface area contributed by atoms with E-state index in [-0.39, 0.29) is 10.8 Å². The molecule has 1 aromatic carbocycles. The fourth-order valence-electron chi connectivity index (χ4n) is 1.62. The van der Waals surface area contributed by atoms with Crippen LogP contribution in [0.25, 0.3) is 0 Å². The summed E-state index contributed by atoms with van der Waals surface area (Å²) in [4.78, 5) is 34.6. The Morgan fingerprint density at radius 2 is 1.75 bits per heavy atom. The number of carbonyl (C=O) groups excluding carboxylic acids is 1. The van der Waals surface area contributed by atoms with Crippen LogP contribution in [0.5, 0.6) is 0 Å². The quantitative estimate of drug-likeness (QED) is 0.719. The summed E-state index contributed by atoms with van der Waals surface area (Å²) in [5, 5.41) is 17.7. The van der Waals surface area contributed by atoms with Gasteiger partial charge >= 0.3 is 12.2 Å². The van der Waals surface area contributed by atoms with Crippen molar-refractivity contribution < 1.29 is 24.6 Å². The average Bonchev–Trinajstić information content (AvgIpc) is 2.34. The van der Waals surface area contributed by atoms with Crippen molar-refractivity contribution >= 4 is 29.5 Å². The first-order valence-corrected chi connectivity index (χ1v) is 5.60. The van der Waals surface area contributed by atoms with Crippen molar-refractivity contribution in [2.75, 3.05) is 17.7 Å². The van der Waals surface area contributed by atoms with E-state index in [0.717, 1.165) is 0 Å². The molecule has 4 N–H and O–H groups in total. The van der Waals surface area contributed by atoms with E-state index in [1.807, 2.05) is 0 Å². The molecule has 8 heteroatoms. The number of hydrogen-bond donors (Lipinski definition) is 3. The molecule has 0 aromatic heterocycles. The number of nitrogens with zero attached hydrogens (tertiary/aromatic N) is 2. The molecule has 8 nitrogen and oxygen atoms in total. The number of carbonyl (C=O) groups is 3. The number of imide groups is 1. The topological polar surface area (TPSA) is 124 Å². The molecule has 0 bridgehead atoms. The monoisotopic (exact) mass is 281 g/mol. The Morgan fingerprint density at radius 3 is 2.20 bits per heavy atom. The zero-order chi connectivity index (χ0) is 15.4. The third-order valence-electron chi connectivity index (χ3n) is 2.73. The van der Waals surface area contributed by atoms with Crippen LogP contribution in [0, 0.1) is 0 Å². The van der Waals surface area contributed by atoms with Gasteiger partial charge in [-0.1, -0.05) is 0 Å². The van der Waals surface area contributed by atoms with Crippen LogP contribution in [0.15, 0.2) is 18.2 Å². The molecular formula is C12H15N3O5. The van der Waals surface area contributed by atoms with E-state index in [0.29, 0.717) is 16.9 Å². The smallest absolute Gasteiger partial charge is 0.417 e. The molecular weight excluding hydrogens is 266 g/mol. The highest BCUT2D eigenvalue weighted by molar-refractivity contribution is 5.92. The van der Waals surface area contributed by atoms with E-state index in [1.54, 1.807) is 6.07 Å². The van der Waals surface area contributed by atoms with Crippen molar-refractivity contribution in [1.29, 1.82) is 0 Å². The largest absolute Gasteiger partial charge is 0.465 e. The van der Waals surface area contributed by atoms with Crippen LogP contribution >= 0.6 is 0 Å². The molecule has 0 aliphatic carbocycles. The highest BCUT2D eigenvalue weighted by atomic mass is 16.4. The van der Waals surface area contributed by atoms with Gasteiger partial charge in [0, 0.05) is 25.3 Å². The van der Waals surface area contributed by atoms with E-state index in [2.05, 4.69) is 0 Å². The summed E-state index contributed by atoms with van der Waals surface area (Å²) in [6.07, 6.45) is -3.20. The van der Waals surface area contributed by atoms with Crippen LogP contribution in [-0.2, 0) is 11.3 Å². The normalized spacial score (nSPS) is 9.90. The number of anilines is 2. The van der Waals surface area contributed by atoms with Gasteiger partial charge in [-0.2, -0.15) is 0 Å². The van der Waals surface area contributed by atoms with Gasteiger partial charge in [0.2, 0.25) is 5.91 Å². The van der Waals surface area contributed by atoms with Crippen molar-refractivity contribution in [2.24, 2.45) is 0 Å². The molecule has 1 aromatic rings. The molecule has 0 spiro atoms. The first kappa shape index (κ1) is 15.3. The van der Waals surface area contributed by atoms with Gasteiger partial charge in [-0.25, -0.2) is 14.5 Å². The fraction of sp³-hybridized carbons (Fsp3) is 0.250. The predicted octanol–water partition coefficient (Wildman–Crippen LogP) is 1.41. The molecule has 0 aliphatic rings. The van der Waals surface area contributed by atoms with Crippen molar-refractivity contribution in [3.8, 4) is 0 Å². The average molecular weight is 281 g/mol. The minimum absolute atomic E-state index is 0.215. The Kier molecular flexibility index (Phi) is 4.52. The molecule has 0 saturated carbocycles. The number of nitrogens with two attached hydrogens (primary N) is 1. The molecule has 20 heavy (non-hydrogen) atoms. The maximum absolute atomic E-state index is 11.4. The Hall–Kier alpha value is -2.77. The molecule has 0 unspecified atom stereocenters. The minimum atomic E-state index is -1.60. The summed E-state index contributed by atoms with van der Waals surface area (Å²) in [6, 6.07) is 4.52. The summed E-state index contributed by atoms with van der Waals surface area (Å²) in [5.74, 6) is -0.270. The van der Waals surface area contributed by atoms with E-state index < -0.39 is 18.7 Å². The molecule has 0 heterocycles. The summed E-state index contributed by atoms with van der Waals surface area (Å²) >= 11 is 0. The minimum Gasteiger partial charge on any atom is -0.465 e. The van der Waals surface area contributed by atoms with Gasteiger partial charge in [-0.05, 0) is 23.8 Å². The van der Waals surface area contributed by atoms with Gasteiger partial charge in [0.1, 0.15) is 0 Å². The Labute approximate surface area is 115 Å². The second-order valence-corrected chi connectivity index (χ2v) is 4.12. The number of hydrogen-bond acceptors (Lipinski definition) is 4. The Morgan fingerprint density at radius 1 is 1.20 bits per heavy atom. The third kappa shape index (κ3) is 3.37. The molecule has 0 saturated heterocycles. The van der Waals surface area contributed by atoms with E-state index in [4.69, 9.17) is 15.9 Å². The molecule has 0 atom stereocenters. The summed E-state index contributed by atoms with van der Waals surface area (Å²) < 4.78 is 0. The summed E-state index contributed by atoms with van der Waals surface area (Å²) in [7, 11) is 1.50. The van der Waals surface area contributed by atoms with E-state index in [1.165, 1.54) is 31.0 Å². The zero-order valence-electron chi connectivity index (χ0n) is 11.0. The van der Waals surface area contributed by atoms with Gasteiger partial charge in [0.05, 0.1) is 6.54 Å². The lowest BCUT2D eigenvalue weighted by Gasteiger charge is -2.22. The number of rotatable bonds is 3. The molecule has 0 fully saturated rings. The highest BCUT2D eigenvalue weighted by Crippen LogP contribution is 2.24. The van der Waals surface area contributed by atoms with Gasteiger partial charge in [-0.3, -0.25) is 4.79 Å². The molecule has 3 amide bonds. The van der Waals surface area contributed by atoms with Crippen molar-refractivity contribution in [3.63, 3.8) is 0 Å². The lowest BCUT2D eigenvalue weighted by atomic mass is 10.1. The van der Waals surface area contributed by atoms with Crippen LogP contribution in [0.4, 0.5) is 21.0 Å². The second kappa shape index (κ2) is 5.91. The van der Waals surface area contributed by atoms with Gasteiger partial charge in [0.15, 0.2) is 0 Å². The maximum Gasteiger partial charge on any atom is 0.417 e. The highest BCUT2D eigenvalue weighted by Gasteiger charge is 2.22. The number of amides is 3. The second-order valence-electron chi connectivity index (χ2n) is 4.12. The number of carboxylic acid groups (broad SMARTS) is 2. The lowest BCUT2D eigenvalue weighted by molar-refractivity contribution is -0.116. The van der Waals surface area contributed by atoms with Crippen molar-refractivity contribution in [1.82, 2.24) is 4.90 Å². The number of benzene rings is 1. The third-order valence-corrected chi connectivity index (χ3v) is 2.73. The number of nitrogen functional groups attached to an aromatic ring is 1. The van der Waals surface area contributed by atoms with Crippen LogP contribution in [0.1, 0.15) is 12.5 Å². The first-order valence-electron chi connectivity index (χ1n) is 5.60. The van der Waals surface area contributed by atoms with Gasteiger partial charge < -0.3 is 20.8 Å². The maximum atomic E-state index is 11.4. The van der Waals surface area contributed by atoms with Crippen molar-refractivity contribution in [2.45, 2.75) is 13.5 Å². The van der Waals surface area contributed by atoms with Crippen LogP contribution < -0.4 is 10.6 Å². The van der Waals surface area contributed by atoms with E-state index >= 15 is 0 Å². The summed E-state index contributed by atoms with van der Waals surface area (Å²) in [5.41, 5.74) is 6.69. The van der Waals surface area contributed by atoms with Gasteiger partial charge in [0.25, 0.3) is 0 Å². The Bertz CT molecular complexity index is 544. The van der Waals surface area contributed by atoms with Gasteiger partial charge in [-0.15, -0.1) is 0 Å². The zero-order valence-corrected chi connectivity index (χ0v) is 11.0.